The van der Waals surface area contributed by atoms with E-state index in [1.165, 1.54) is 5.56 Å². The van der Waals surface area contributed by atoms with Crippen LogP contribution in [0.3, 0.4) is 0 Å². The summed E-state index contributed by atoms with van der Waals surface area (Å²) in [7, 11) is 0. The molecule has 0 spiro atoms. The molecule has 4 N–H and O–H groups in total. The number of hydrogen-bond donors (Lipinski definition) is 3. The number of nitrogens with two attached hydrogens (primary N) is 1. The van der Waals surface area contributed by atoms with Crippen molar-refractivity contribution in [1.29, 1.82) is 0 Å². The number of phenolic OH excluding ortho intramolecular Hbond substituents is 1. The quantitative estimate of drug-likeness (QED) is 0.617. The second-order valence-corrected chi connectivity index (χ2v) is 3.87. The van der Waals surface area contributed by atoms with Crippen molar-refractivity contribution >= 4 is 0 Å². The van der Waals surface area contributed by atoms with Crippen LogP contribution in [0.15, 0.2) is 24.3 Å². The number of benzene rings is 1. The van der Waals surface area contributed by atoms with Gasteiger partial charge in [0.25, 0.3) is 0 Å². The first kappa shape index (κ1) is 12.0. The largest absolute Gasteiger partial charge is 0.508 e. The highest BCUT2D eigenvalue weighted by Crippen LogP contribution is 2.11. The lowest BCUT2D eigenvalue weighted by atomic mass is 10.1. The molecule has 1 rings (SSSR count). The van der Waals surface area contributed by atoms with E-state index in [4.69, 9.17) is 10.8 Å². The smallest absolute Gasteiger partial charge is 0.115 e. The van der Waals surface area contributed by atoms with Crippen LogP contribution in [0, 0.1) is 0 Å². The first-order valence-corrected chi connectivity index (χ1v) is 5.43. The highest BCUT2D eigenvalue weighted by Gasteiger charge is 2.02. The molecule has 15 heavy (non-hydrogen) atoms. The lowest BCUT2D eigenvalue weighted by Crippen LogP contribution is -2.30. The fourth-order valence-corrected chi connectivity index (χ4v) is 1.51. The van der Waals surface area contributed by atoms with Crippen molar-refractivity contribution in [3.05, 3.63) is 29.8 Å². The summed E-state index contributed by atoms with van der Waals surface area (Å²) in [6, 6.07) is 7.80. The number of aromatic hydroxyl groups is 1. The zero-order valence-corrected chi connectivity index (χ0v) is 9.24. The molecule has 1 atom stereocenters. The van der Waals surface area contributed by atoms with Crippen LogP contribution in [0.1, 0.15) is 18.9 Å². The van der Waals surface area contributed by atoms with Gasteiger partial charge in [0.15, 0.2) is 0 Å². The SMILES string of the molecule is CC(Cc1ccc(O)cc1)NCCCN. The van der Waals surface area contributed by atoms with E-state index in [0.29, 0.717) is 11.8 Å². The number of nitrogens with one attached hydrogen (secondary N) is 1. The molecule has 0 bridgehead atoms. The molecule has 1 aromatic carbocycles. The van der Waals surface area contributed by atoms with E-state index in [9.17, 15) is 0 Å². The Kier molecular flexibility index (Phi) is 5.15. The molecule has 0 saturated heterocycles. The fourth-order valence-electron chi connectivity index (χ4n) is 1.51. The van der Waals surface area contributed by atoms with E-state index >= 15 is 0 Å². The van der Waals surface area contributed by atoms with Crippen LogP contribution in [-0.4, -0.2) is 24.2 Å². The summed E-state index contributed by atoms with van der Waals surface area (Å²) in [5.74, 6) is 0.322. The molecule has 0 aliphatic carbocycles. The lowest BCUT2D eigenvalue weighted by molar-refractivity contribution is 0.474. The molecule has 0 radical (unpaired) electrons. The molecule has 0 aliphatic rings. The van der Waals surface area contributed by atoms with Crippen molar-refractivity contribution in [2.24, 2.45) is 5.73 Å². The van der Waals surface area contributed by atoms with Gasteiger partial charge in [-0.2, -0.15) is 0 Å². The normalized spacial score (nSPS) is 12.7. The standard InChI is InChI=1S/C12H20N2O/c1-10(14-8-2-7-13)9-11-3-5-12(15)6-4-11/h3-6,10,14-15H,2,7-9,13H2,1H3. The van der Waals surface area contributed by atoms with Crippen LogP contribution < -0.4 is 11.1 Å². The summed E-state index contributed by atoms with van der Waals surface area (Å²) in [5, 5.41) is 12.5. The molecule has 0 fully saturated rings. The Morgan fingerprint density at radius 1 is 1.33 bits per heavy atom. The topological polar surface area (TPSA) is 58.3 Å². The molecule has 0 amide bonds. The maximum absolute atomic E-state index is 9.13. The average molecular weight is 208 g/mol. The Labute approximate surface area is 91.3 Å². The van der Waals surface area contributed by atoms with E-state index in [0.717, 1.165) is 25.9 Å². The third kappa shape index (κ3) is 4.81. The van der Waals surface area contributed by atoms with Crippen LogP contribution >= 0.6 is 0 Å². The van der Waals surface area contributed by atoms with Gasteiger partial charge in [0.05, 0.1) is 0 Å². The van der Waals surface area contributed by atoms with Crippen molar-refractivity contribution in [2.75, 3.05) is 13.1 Å². The third-order valence-corrected chi connectivity index (χ3v) is 2.35. The van der Waals surface area contributed by atoms with Gasteiger partial charge in [-0.3, -0.25) is 0 Å². The van der Waals surface area contributed by atoms with Crippen molar-refractivity contribution in [1.82, 2.24) is 5.32 Å². The number of phenols is 1. The van der Waals surface area contributed by atoms with Crippen LogP contribution in [0.25, 0.3) is 0 Å². The Morgan fingerprint density at radius 3 is 2.60 bits per heavy atom. The Hall–Kier alpha value is -1.06. The summed E-state index contributed by atoms with van der Waals surface area (Å²) in [6.07, 6.45) is 1.99. The van der Waals surface area contributed by atoms with E-state index in [-0.39, 0.29) is 0 Å². The molecule has 1 unspecified atom stereocenters. The minimum Gasteiger partial charge on any atom is -0.508 e. The summed E-state index contributed by atoms with van der Waals surface area (Å²) in [4.78, 5) is 0. The Bertz CT molecular complexity index is 271. The predicted octanol–water partition coefficient (Wildman–Crippen LogP) is 1.26. The van der Waals surface area contributed by atoms with Crippen LogP contribution in [-0.2, 0) is 6.42 Å². The van der Waals surface area contributed by atoms with Crippen molar-refractivity contribution in [3.63, 3.8) is 0 Å². The van der Waals surface area contributed by atoms with Gasteiger partial charge in [0.1, 0.15) is 5.75 Å². The van der Waals surface area contributed by atoms with Crippen LogP contribution in [0.4, 0.5) is 0 Å². The predicted molar refractivity (Wildman–Crippen MR) is 62.9 cm³/mol. The van der Waals surface area contributed by atoms with Gasteiger partial charge >= 0.3 is 0 Å². The molecular weight excluding hydrogens is 188 g/mol. The highest BCUT2D eigenvalue weighted by atomic mass is 16.3. The summed E-state index contributed by atoms with van der Waals surface area (Å²) >= 11 is 0. The van der Waals surface area contributed by atoms with E-state index < -0.39 is 0 Å². The Balaban J connectivity index is 2.31. The zero-order chi connectivity index (χ0) is 11.1. The molecule has 1 aromatic rings. The minimum atomic E-state index is 0.322. The van der Waals surface area contributed by atoms with Crippen LogP contribution in [0.5, 0.6) is 5.75 Å². The first-order chi connectivity index (χ1) is 7.22. The maximum Gasteiger partial charge on any atom is 0.115 e. The zero-order valence-electron chi connectivity index (χ0n) is 9.24. The monoisotopic (exact) mass is 208 g/mol. The van der Waals surface area contributed by atoms with Crippen molar-refractivity contribution in [3.8, 4) is 5.75 Å². The fraction of sp³-hybridized carbons (Fsp3) is 0.500. The lowest BCUT2D eigenvalue weighted by Gasteiger charge is -2.13. The molecule has 0 aliphatic heterocycles. The van der Waals surface area contributed by atoms with Crippen molar-refractivity contribution in [2.45, 2.75) is 25.8 Å². The Morgan fingerprint density at radius 2 is 2.00 bits per heavy atom. The van der Waals surface area contributed by atoms with Gasteiger partial charge < -0.3 is 16.2 Å². The van der Waals surface area contributed by atoms with E-state index in [1.54, 1.807) is 12.1 Å². The molecule has 3 nitrogen and oxygen atoms in total. The maximum atomic E-state index is 9.13. The summed E-state index contributed by atoms with van der Waals surface area (Å²) < 4.78 is 0. The third-order valence-electron chi connectivity index (χ3n) is 2.35. The van der Waals surface area contributed by atoms with Gasteiger partial charge in [-0.25, -0.2) is 0 Å². The van der Waals surface area contributed by atoms with Gasteiger partial charge in [-0.05, 0) is 50.6 Å². The highest BCUT2D eigenvalue weighted by molar-refractivity contribution is 5.26. The molecule has 0 aromatic heterocycles. The average Bonchev–Trinajstić information content (AvgIpc) is 2.22. The van der Waals surface area contributed by atoms with Crippen LogP contribution in [0.2, 0.25) is 0 Å². The van der Waals surface area contributed by atoms with Gasteiger partial charge in [0, 0.05) is 6.04 Å². The summed E-state index contributed by atoms with van der Waals surface area (Å²) in [5.41, 5.74) is 6.65. The van der Waals surface area contributed by atoms with E-state index in [2.05, 4.69) is 12.2 Å². The van der Waals surface area contributed by atoms with Gasteiger partial charge in [0.2, 0.25) is 0 Å². The number of rotatable bonds is 6. The van der Waals surface area contributed by atoms with Gasteiger partial charge in [-0.1, -0.05) is 12.1 Å². The molecular formula is C12H20N2O. The second kappa shape index (κ2) is 6.43. The molecule has 84 valence electrons. The molecule has 0 heterocycles. The molecule has 3 heteroatoms. The summed E-state index contributed by atoms with van der Waals surface area (Å²) in [6.45, 7) is 3.86. The van der Waals surface area contributed by atoms with E-state index in [1.807, 2.05) is 12.1 Å². The second-order valence-electron chi connectivity index (χ2n) is 3.87. The first-order valence-electron chi connectivity index (χ1n) is 5.43. The molecule has 0 saturated carbocycles. The van der Waals surface area contributed by atoms with Gasteiger partial charge in [-0.15, -0.1) is 0 Å². The minimum absolute atomic E-state index is 0.322. The van der Waals surface area contributed by atoms with Crippen molar-refractivity contribution < 1.29 is 5.11 Å². The number of hydrogen-bond acceptors (Lipinski definition) is 3.